The number of hydrogen-bond donors (Lipinski definition) is 2. The smallest absolute Gasteiger partial charge is 0.431 e. The molecule has 0 saturated carbocycles. The number of pyridine rings is 1. The average Bonchev–Trinajstić information content (AvgIpc) is 2.36. The van der Waals surface area contributed by atoms with Crippen LogP contribution < -0.4 is 5.56 Å². The van der Waals surface area contributed by atoms with Crippen molar-refractivity contribution in [2.75, 3.05) is 0 Å². The second kappa shape index (κ2) is 5.08. The quantitative estimate of drug-likeness (QED) is 0.785. The van der Waals surface area contributed by atoms with E-state index in [1.807, 2.05) is 0 Å². The van der Waals surface area contributed by atoms with Crippen LogP contribution in [0.5, 0.6) is 5.75 Å². The predicted molar refractivity (Wildman–Crippen MR) is 64.2 cm³/mol. The molecule has 0 saturated heterocycles. The number of hydrogen-bond acceptors (Lipinski definition) is 2. The number of alkyl halides is 6. The van der Waals surface area contributed by atoms with Crippen LogP contribution in [0.15, 0.2) is 35.1 Å². The van der Waals surface area contributed by atoms with Gasteiger partial charge in [0, 0.05) is 11.6 Å². The highest BCUT2D eigenvalue weighted by Crippen LogP contribution is 2.39. The zero-order valence-electron chi connectivity index (χ0n) is 10.5. The van der Waals surface area contributed by atoms with Crippen LogP contribution in [0.3, 0.4) is 0 Å². The van der Waals surface area contributed by atoms with Gasteiger partial charge in [-0.2, -0.15) is 26.3 Å². The van der Waals surface area contributed by atoms with Crippen molar-refractivity contribution in [2.45, 2.75) is 12.4 Å². The molecule has 0 aliphatic carbocycles. The number of aromatic hydroxyl groups is 1. The summed E-state index contributed by atoms with van der Waals surface area (Å²) >= 11 is 0. The molecule has 9 heteroatoms. The van der Waals surface area contributed by atoms with Gasteiger partial charge in [-0.3, -0.25) is 4.79 Å². The zero-order valence-corrected chi connectivity index (χ0v) is 10.5. The van der Waals surface area contributed by atoms with Crippen molar-refractivity contribution in [1.29, 1.82) is 0 Å². The summed E-state index contributed by atoms with van der Waals surface area (Å²) in [6, 6.07) is 3.94. The van der Waals surface area contributed by atoms with E-state index in [0.29, 0.717) is 6.07 Å². The lowest BCUT2D eigenvalue weighted by molar-refractivity contribution is -0.141. The first-order valence-corrected chi connectivity index (χ1v) is 5.72. The van der Waals surface area contributed by atoms with E-state index in [0.717, 1.165) is 12.1 Å². The molecule has 0 spiro atoms. The van der Waals surface area contributed by atoms with Gasteiger partial charge in [0.1, 0.15) is 11.4 Å². The van der Waals surface area contributed by atoms with Gasteiger partial charge < -0.3 is 10.1 Å². The summed E-state index contributed by atoms with van der Waals surface area (Å²) in [4.78, 5) is 13.1. The van der Waals surface area contributed by atoms with Crippen molar-refractivity contribution in [3.8, 4) is 16.9 Å². The van der Waals surface area contributed by atoms with Crippen molar-refractivity contribution >= 4 is 0 Å². The molecule has 1 heterocycles. The maximum Gasteiger partial charge on any atom is 0.431 e. The van der Waals surface area contributed by atoms with Crippen LogP contribution in [0.2, 0.25) is 0 Å². The Balaban J connectivity index is 2.74. The van der Waals surface area contributed by atoms with Crippen LogP contribution in [0.25, 0.3) is 11.1 Å². The summed E-state index contributed by atoms with van der Waals surface area (Å²) in [6.45, 7) is 0. The van der Waals surface area contributed by atoms with Gasteiger partial charge in [-0.15, -0.1) is 0 Å². The molecular formula is C13H7F6NO2. The summed E-state index contributed by atoms with van der Waals surface area (Å²) < 4.78 is 76.1. The highest BCUT2D eigenvalue weighted by molar-refractivity contribution is 5.72. The standard InChI is InChI=1S/C13H7F6NO2/c14-12(15,16)7-4-2-1-3-6(7)10-8(21)5-9(13(17,18)19)20-11(10)22/h1-5H,(H2,20,21,22). The third-order valence-corrected chi connectivity index (χ3v) is 2.82. The predicted octanol–water partition coefficient (Wildman–Crippen LogP) is 3.79. The number of nitrogens with one attached hydrogen (secondary N) is 1. The SMILES string of the molecule is O=c1[nH]c(C(F)(F)F)cc(O)c1-c1ccccc1C(F)(F)F. The Morgan fingerprint density at radius 3 is 2.05 bits per heavy atom. The van der Waals surface area contributed by atoms with Crippen molar-refractivity contribution in [3.63, 3.8) is 0 Å². The lowest BCUT2D eigenvalue weighted by Crippen LogP contribution is -2.19. The Labute approximate surface area is 118 Å². The minimum Gasteiger partial charge on any atom is -0.507 e. The van der Waals surface area contributed by atoms with Crippen LogP contribution in [-0.4, -0.2) is 10.1 Å². The van der Waals surface area contributed by atoms with Crippen molar-refractivity contribution in [1.82, 2.24) is 4.98 Å². The average molecular weight is 323 g/mol. The summed E-state index contributed by atoms with van der Waals surface area (Å²) in [7, 11) is 0. The number of rotatable bonds is 1. The van der Waals surface area contributed by atoms with Gasteiger partial charge in [0.2, 0.25) is 0 Å². The van der Waals surface area contributed by atoms with Gasteiger partial charge in [-0.05, 0) is 6.07 Å². The fraction of sp³-hybridized carbons (Fsp3) is 0.154. The summed E-state index contributed by atoms with van der Waals surface area (Å²) in [5, 5.41) is 9.59. The lowest BCUT2D eigenvalue weighted by atomic mass is 9.99. The molecule has 2 rings (SSSR count). The van der Waals surface area contributed by atoms with Crippen LogP contribution in [0, 0.1) is 0 Å². The summed E-state index contributed by atoms with van der Waals surface area (Å²) in [5.41, 5.74) is -5.84. The summed E-state index contributed by atoms with van der Waals surface area (Å²) in [6.07, 6.45) is -9.78. The Bertz CT molecular complexity index is 760. The second-order valence-corrected chi connectivity index (χ2v) is 4.31. The minimum absolute atomic E-state index is 0.171. The van der Waals surface area contributed by atoms with Crippen LogP contribution in [0.1, 0.15) is 11.3 Å². The van der Waals surface area contributed by atoms with E-state index in [1.54, 1.807) is 0 Å². The van der Waals surface area contributed by atoms with Crippen LogP contribution in [0.4, 0.5) is 26.3 Å². The van der Waals surface area contributed by atoms with Gasteiger partial charge in [-0.25, -0.2) is 0 Å². The monoisotopic (exact) mass is 323 g/mol. The van der Waals surface area contributed by atoms with E-state index in [4.69, 9.17) is 0 Å². The third-order valence-electron chi connectivity index (χ3n) is 2.82. The molecule has 1 aromatic carbocycles. The van der Waals surface area contributed by atoms with Crippen LogP contribution >= 0.6 is 0 Å². The lowest BCUT2D eigenvalue weighted by Gasteiger charge is -2.14. The molecule has 1 aromatic heterocycles. The highest BCUT2D eigenvalue weighted by atomic mass is 19.4. The Morgan fingerprint density at radius 1 is 0.955 bits per heavy atom. The maximum atomic E-state index is 12.9. The molecule has 0 aliphatic rings. The van der Waals surface area contributed by atoms with Crippen molar-refractivity contribution < 1.29 is 31.4 Å². The molecule has 0 aliphatic heterocycles. The topological polar surface area (TPSA) is 53.1 Å². The first kappa shape index (κ1) is 15.9. The largest absolute Gasteiger partial charge is 0.507 e. The van der Waals surface area contributed by atoms with Gasteiger partial charge in [0.15, 0.2) is 0 Å². The molecular weight excluding hydrogens is 316 g/mol. The van der Waals surface area contributed by atoms with E-state index in [9.17, 15) is 36.2 Å². The van der Waals surface area contributed by atoms with Crippen LogP contribution in [-0.2, 0) is 12.4 Å². The fourth-order valence-corrected chi connectivity index (χ4v) is 1.91. The van der Waals surface area contributed by atoms with Gasteiger partial charge in [-0.1, -0.05) is 18.2 Å². The van der Waals surface area contributed by atoms with Crippen molar-refractivity contribution in [2.24, 2.45) is 0 Å². The van der Waals surface area contributed by atoms with Gasteiger partial charge in [0.25, 0.3) is 5.56 Å². The van der Waals surface area contributed by atoms with E-state index >= 15 is 0 Å². The molecule has 0 fully saturated rings. The number of benzene rings is 1. The van der Waals surface area contributed by atoms with E-state index in [-0.39, 0.29) is 6.07 Å². The van der Waals surface area contributed by atoms with Gasteiger partial charge in [0.05, 0.1) is 11.1 Å². The summed E-state index contributed by atoms with van der Waals surface area (Å²) in [5.74, 6) is -1.19. The Morgan fingerprint density at radius 2 is 1.55 bits per heavy atom. The first-order valence-electron chi connectivity index (χ1n) is 5.72. The number of H-pyrrole nitrogens is 1. The fourth-order valence-electron chi connectivity index (χ4n) is 1.91. The molecule has 3 nitrogen and oxygen atoms in total. The first-order chi connectivity index (χ1) is 10.0. The Hall–Kier alpha value is -2.45. The molecule has 22 heavy (non-hydrogen) atoms. The van der Waals surface area contributed by atoms with E-state index in [1.165, 1.54) is 11.1 Å². The molecule has 0 atom stereocenters. The number of aromatic amines is 1. The van der Waals surface area contributed by atoms with E-state index in [2.05, 4.69) is 0 Å². The third kappa shape index (κ3) is 2.92. The highest BCUT2D eigenvalue weighted by Gasteiger charge is 2.36. The zero-order chi connectivity index (χ0) is 16.7. The molecule has 0 unspecified atom stereocenters. The number of halogens is 6. The Kier molecular flexibility index (Phi) is 3.68. The normalized spacial score (nSPS) is 12.5. The molecule has 118 valence electrons. The second-order valence-electron chi connectivity index (χ2n) is 4.31. The van der Waals surface area contributed by atoms with E-state index < -0.39 is 46.0 Å². The number of aromatic nitrogens is 1. The van der Waals surface area contributed by atoms with Crippen molar-refractivity contribution in [3.05, 3.63) is 51.9 Å². The maximum absolute atomic E-state index is 12.9. The molecule has 2 aromatic rings. The molecule has 0 amide bonds. The molecule has 0 radical (unpaired) electrons. The molecule has 0 bridgehead atoms. The molecule has 2 N–H and O–H groups in total. The minimum atomic E-state index is -4.95. The van der Waals surface area contributed by atoms with Gasteiger partial charge >= 0.3 is 12.4 Å².